The van der Waals surface area contributed by atoms with Gasteiger partial charge in [-0.25, -0.2) is 8.78 Å². The maximum Gasteiger partial charge on any atom is 0.320 e. The molecule has 0 saturated carbocycles. The summed E-state index contributed by atoms with van der Waals surface area (Å²) in [5.74, 6) is -3.27. The molecule has 0 spiro atoms. The highest BCUT2D eigenvalue weighted by molar-refractivity contribution is 6.08. The zero-order valence-corrected chi connectivity index (χ0v) is 10.4. The maximum absolute atomic E-state index is 12.0. The Morgan fingerprint density at radius 3 is 2.15 bits per heavy atom. The molecule has 0 radical (unpaired) electrons. The van der Waals surface area contributed by atoms with Crippen molar-refractivity contribution >= 4 is 17.5 Å². The van der Waals surface area contributed by atoms with Gasteiger partial charge in [0.1, 0.15) is 6.04 Å². The second-order valence-electron chi connectivity index (χ2n) is 4.21. The van der Waals surface area contributed by atoms with Crippen LogP contribution in [-0.2, 0) is 16.0 Å². The molecule has 0 fully saturated rings. The lowest BCUT2D eigenvalue weighted by Crippen LogP contribution is -2.32. The summed E-state index contributed by atoms with van der Waals surface area (Å²) in [5, 5.41) is 8.65. The van der Waals surface area contributed by atoms with Crippen LogP contribution in [0.25, 0.3) is 0 Å². The zero-order valence-electron chi connectivity index (χ0n) is 10.4. The summed E-state index contributed by atoms with van der Waals surface area (Å²) in [4.78, 5) is 32.9. The molecule has 7 heteroatoms. The number of carboxylic acid groups (broad SMARTS) is 1. The van der Waals surface area contributed by atoms with E-state index in [1.807, 2.05) is 0 Å². The van der Waals surface area contributed by atoms with E-state index in [0.29, 0.717) is 5.56 Å². The average Bonchev–Trinajstić information content (AvgIpc) is 2.39. The molecule has 1 atom stereocenters. The number of carbonyl (C=O) groups is 3. The first-order valence-corrected chi connectivity index (χ1v) is 5.72. The molecular weight excluding hydrogens is 272 g/mol. The number of alkyl halides is 2. The van der Waals surface area contributed by atoms with Gasteiger partial charge in [-0.05, 0) is 12.0 Å². The monoisotopic (exact) mass is 285 g/mol. The summed E-state index contributed by atoms with van der Waals surface area (Å²) in [7, 11) is 0. The summed E-state index contributed by atoms with van der Waals surface area (Å²) >= 11 is 0. The minimum Gasteiger partial charge on any atom is -0.480 e. The Morgan fingerprint density at radius 2 is 1.70 bits per heavy atom. The predicted molar refractivity (Wildman–Crippen MR) is 65.7 cm³/mol. The Labute approximate surface area is 113 Å². The van der Waals surface area contributed by atoms with Gasteiger partial charge in [0.2, 0.25) is 5.78 Å². The van der Waals surface area contributed by atoms with Gasteiger partial charge in [0, 0.05) is 5.56 Å². The molecule has 0 heterocycles. The quantitative estimate of drug-likeness (QED) is 0.576. The Morgan fingerprint density at radius 1 is 1.15 bits per heavy atom. The highest BCUT2D eigenvalue weighted by Crippen LogP contribution is 2.10. The third-order valence-electron chi connectivity index (χ3n) is 2.63. The lowest BCUT2D eigenvalue weighted by atomic mass is 10.0. The number of benzene rings is 1. The third-order valence-corrected chi connectivity index (χ3v) is 2.63. The van der Waals surface area contributed by atoms with Crippen molar-refractivity contribution < 1.29 is 28.3 Å². The highest BCUT2D eigenvalue weighted by atomic mass is 19.3. The van der Waals surface area contributed by atoms with Gasteiger partial charge in [0.05, 0.1) is 6.42 Å². The van der Waals surface area contributed by atoms with Crippen molar-refractivity contribution in [3.05, 3.63) is 35.4 Å². The van der Waals surface area contributed by atoms with Crippen molar-refractivity contribution in [2.45, 2.75) is 25.3 Å². The number of Topliss-reactive ketones (excluding diaryl/α,β-unsaturated/α-hetero) is 2. The topological polar surface area (TPSA) is 97.5 Å². The minimum atomic E-state index is -3.16. The van der Waals surface area contributed by atoms with Crippen molar-refractivity contribution in [1.82, 2.24) is 0 Å². The van der Waals surface area contributed by atoms with Crippen molar-refractivity contribution in [2.24, 2.45) is 5.73 Å². The molecule has 0 bridgehead atoms. The van der Waals surface area contributed by atoms with Crippen LogP contribution in [0.15, 0.2) is 24.3 Å². The molecular formula is C13H13F2NO4. The number of nitrogens with two attached hydrogens (primary N) is 1. The van der Waals surface area contributed by atoms with Gasteiger partial charge in [-0.2, -0.15) is 0 Å². The number of carbonyl (C=O) groups excluding carboxylic acids is 2. The Balaban J connectivity index is 2.69. The van der Waals surface area contributed by atoms with E-state index in [1.165, 1.54) is 24.3 Å². The largest absolute Gasteiger partial charge is 0.480 e. The van der Waals surface area contributed by atoms with Crippen LogP contribution in [0.4, 0.5) is 8.78 Å². The van der Waals surface area contributed by atoms with E-state index in [9.17, 15) is 23.2 Å². The van der Waals surface area contributed by atoms with E-state index in [-0.39, 0.29) is 12.0 Å². The lowest BCUT2D eigenvalue weighted by molar-refractivity contribution is -0.138. The van der Waals surface area contributed by atoms with Gasteiger partial charge in [-0.3, -0.25) is 14.4 Å². The van der Waals surface area contributed by atoms with Gasteiger partial charge in [-0.1, -0.05) is 24.3 Å². The van der Waals surface area contributed by atoms with Gasteiger partial charge in [0.15, 0.2) is 5.78 Å². The van der Waals surface area contributed by atoms with Crippen molar-refractivity contribution in [1.29, 1.82) is 0 Å². The van der Waals surface area contributed by atoms with Crippen LogP contribution in [-0.4, -0.2) is 35.1 Å². The molecule has 0 aromatic heterocycles. The fraction of sp³-hybridized carbons (Fsp3) is 0.308. The Kier molecular flexibility index (Phi) is 5.45. The van der Waals surface area contributed by atoms with Crippen molar-refractivity contribution in [3.63, 3.8) is 0 Å². The standard InChI is InChI=1S/C13H13F2NO4/c14-12(15)11(18)6-10(17)8-3-1-7(2-4-8)5-9(16)13(19)20/h1-4,9,12H,5-6,16H2,(H,19,20). The SMILES string of the molecule is NC(Cc1ccc(C(=O)CC(=O)C(F)F)cc1)C(=O)O. The van der Waals surface area contributed by atoms with Crippen molar-refractivity contribution in [3.8, 4) is 0 Å². The first-order valence-electron chi connectivity index (χ1n) is 5.72. The molecule has 5 nitrogen and oxygen atoms in total. The van der Waals surface area contributed by atoms with E-state index < -0.39 is 36.4 Å². The number of rotatable bonds is 7. The van der Waals surface area contributed by atoms with Crippen LogP contribution >= 0.6 is 0 Å². The number of hydrogen-bond acceptors (Lipinski definition) is 4. The molecule has 20 heavy (non-hydrogen) atoms. The number of ketones is 2. The lowest BCUT2D eigenvalue weighted by Gasteiger charge is -2.07. The fourth-order valence-electron chi connectivity index (χ4n) is 1.51. The molecule has 1 aromatic rings. The molecule has 108 valence electrons. The second kappa shape index (κ2) is 6.85. The van der Waals surface area contributed by atoms with Crippen LogP contribution in [0.1, 0.15) is 22.3 Å². The molecule has 1 unspecified atom stereocenters. The van der Waals surface area contributed by atoms with E-state index in [4.69, 9.17) is 10.8 Å². The molecule has 0 aliphatic carbocycles. The zero-order chi connectivity index (χ0) is 15.3. The number of carboxylic acids is 1. The van der Waals surface area contributed by atoms with Crippen LogP contribution in [0.5, 0.6) is 0 Å². The number of aliphatic carboxylic acids is 1. The summed E-state index contributed by atoms with van der Waals surface area (Å²) < 4.78 is 24.0. The number of halogens is 2. The summed E-state index contributed by atoms with van der Waals surface area (Å²) in [6.45, 7) is 0. The molecule has 0 amide bonds. The molecule has 0 aliphatic heterocycles. The van der Waals surface area contributed by atoms with Crippen LogP contribution < -0.4 is 5.73 Å². The first-order chi connectivity index (χ1) is 9.31. The van der Waals surface area contributed by atoms with Gasteiger partial charge in [-0.15, -0.1) is 0 Å². The van der Waals surface area contributed by atoms with Crippen molar-refractivity contribution in [2.75, 3.05) is 0 Å². The molecule has 3 N–H and O–H groups in total. The molecule has 0 aliphatic rings. The Bertz CT molecular complexity index is 514. The fourth-order valence-corrected chi connectivity index (χ4v) is 1.51. The Hall–Kier alpha value is -2.15. The van der Waals surface area contributed by atoms with Crippen LogP contribution in [0, 0.1) is 0 Å². The molecule has 1 rings (SSSR count). The summed E-state index contributed by atoms with van der Waals surface area (Å²) in [6, 6.07) is 4.60. The first kappa shape index (κ1) is 15.9. The maximum atomic E-state index is 12.0. The van der Waals surface area contributed by atoms with Crippen LogP contribution in [0.2, 0.25) is 0 Å². The molecule has 1 aromatic carbocycles. The summed E-state index contributed by atoms with van der Waals surface area (Å²) in [5.41, 5.74) is 6.06. The predicted octanol–water partition coefficient (Wildman–Crippen LogP) is 1.05. The van der Waals surface area contributed by atoms with Gasteiger partial charge < -0.3 is 10.8 Å². The van der Waals surface area contributed by atoms with Gasteiger partial charge in [0.25, 0.3) is 6.43 Å². The van der Waals surface area contributed by atoms with E-state index in [0.717, 1.165) is 0 Å². The van der Waals surface area contributed by atoms with E-state index >= 15 is 0 Å². The van der Waals surface area contributed by atoms with Gasteiger partial charge >= 0.3 is 5.97 Å². The second-order valence-corrected chi connectivity index (χ2v) is 4.21. The average molecular weight is 285 g/mol. The third kappa shape index (κ3) is 4.51. The number of hydrogen-bond donors (Lipinski definition) is 2. The smallest absolute Gasteiger partial charge is 0.320 e. The highest BCUT2D eigenvalue weighted by Gasteiger charge is 2.20. The minimum absolute atomic E-state index is 0.0831. The van der Waals surface area contributed by atoms with Crippen LogP contribution in [0.3, 0.4) is 0 Å². The molecule has 0 saturated heterocycles. The van der Waals surface area contributed by atoms with E-state index in [2.05, 4.69) is 0 Å². The normalized spacial score (nSPS) is 12.2. The summed E-state index contributed by atoms with van der Waals surface area (Å²) in [6.07, 6.45) is -3.93. The van der Waals surface area contributed by atoms with E-state index in [1.54, 1.807) is 0 Å².